The van der Waals surface area contributed by atoms with Crippen molar-refractivity contribution in [3.05, 3.63) is 11.3 Å². The Morgan fingerprint density at radius 2 is 1.86 bits per heavy atom. The van der Waals surface area contributed by atoms with Crippen molar-refractivity contribution in [3.63, 3.8) is 0 Å². The van der Waals surface area contributed by atoms with Gasteiger partial charge in [0.15, 0.2) is 5.03 Å². The fourth-order valence-electron chi connectivity index (χ4n) is 3.11. The Labute approximate surface area is 126 Å². The number of hydrogen-bond donors (Lipinski definition) is 2. The summed E-state index contributed by atoms with van der Waals surface area (Å²) in [6.07, 6.45) is 3.94. The predicted molar refractivity (Wildman–Crippen MR) is 80.3 cm³/mol. The van der Waals surface area contributed by atoms with Gasteiger partial charge < -0.3 is 5.11 Å². The smallest absolute Gasteiger partial charge is 0.262 e. The van der Waals surface area contributed by atoms with E-state index in [0.29, 0.717) is 24.3 Å². The summed E-state index contributed by atoms with van der Waals surface area (Å²) in [5.74, 6) is 0. The van der Waals surface area contributed by atoms with Crippen LogP contribution in [0.1, 0.15) is 50.8 Å². The van der Waals surface area contributed by atoms with Gasteiger partial charge in [-0.2, -0.15) is 9.40 Å². The molecule has 0 unspecified atom stereocenters. The summed E-state index contributed by atoms with van der Waals surface area (Å²) in [5.41, 5.74) is 1.25. The number of aryl methyl sites for hydroxylation is 1. The molecule has 0 saturated carbocycles. The molecule has 0 radical (unpaired) electrons. The lowest BCUT2D eigenvalue weighted by Gasteiger charge is -2.40. The van der Waals surface area contributed by atoms with Crippen LogP contribution in [0.2, 0.25) is 0 Å². The Bertz CT molecular complexity index is 581. The van der Waals surface area contributed by atoms with E-state index in [2.05, 4.69) is 24.0 Å². The summed E-state index contributed by atoms with van der Waals surface area (Å²) in [6, 6.07) is 0. The number of aromatic amines is 1. The van der Waals surface area contributed by atoms with E-state index in [-0.39, 0.29) is 17.0 Å². The summed E-state index contributed by atoms with van der Waals surface area (Å²) in [4.78, 5) is 0. The molecule has 1 aliphatic heterocycles. The number of rotatable bonds is 5. The van der Waals surface area contributed by atoms with Gasteiger partial charge in [0.25, 0.3) is 10.0 Å². The number of hydrogen-bond acceptors (Lipinski definition) is 4. The first-order valence-electron chi connectivity index (χ1n) is 7.55. The second-order valence-electron chi connectivity index (χ2n) is 5.90. The molecule has 1 saturated heterocycles. The summed E-state index contributed by atoms with van der Waals surface area (Å²) >= 11 is 0. The number of aromatic nitrogens is 2. The largest absolute Gasteiger partial charge is 0.392 e. The molecule has 21 heavy (non-hydrogen) atoms. The monoisotopic (exact) mass is 315 g/mol. The van der Waals surface area contributed by atoms with E-state index in [9.17, 15) is 13.5 Å². The van der Waals surface area contributed by atoms with Crippen molar-refractivity contribution >= 4 is 10.0 Å². The van der Waals surface area contributed by atoms with Gasteiger partial charge in [-0.05, 0) is 25.2 Å². The molecule has 0 aromatic carbocycles. The van der Waals surface area contributed by atoms with Crippen molar-refractivity contribution in [3.8, 4) is 0 Å². The van der Waals surface area contributed by atoms with E-state index >= 15 is 0 Å². The van der Waals surface area contributed by atoms with Crippen LogP contribution in [0.25, 0.3) is 0 Å². The van der Waals surface area contributed by atoms with Crippen LogP contribution in [0.5, 0.6) is 0 Å². The second-order valence-corrected chi connectivity index (χ2v) is 7.75. The molecule has 1 aromatic heterocycles. The third-order valence-electron chi connectivity index (χ3n) is 5.06. The Balaban J connectivity index is 2.22. The van der Waals surface area contributed by atoms with Gasteiger partial charge >= 0.3 is 0 Å². The third-order valence-corrected chi connectivity index (χ3v) is 6.93. The zero-order valence-corrected chi connectivity index (χ0v) is 13.8. The highest BCUT2D eigenvalue weighted by atomic mass is 32.2. The minimum absolute atomic E-state index is 0.0250. The van der Waals surface area contributed by atoms with E-state index in [1.54, 1.807) is 6.92 Å². The van der Waals surface area contributed by atoms with E-state index in [0.717, 1.165) is 25.7 Å². The van der Waals surface area contributed by atoms with Gasteiger partial charge in [-0.25, -0.2) is 8.42 Å². The third kappa shape index (κ3) is 2.86. The molecule has 0 aliphatic carbocycles. The van der Waals surface area contributed by atoms with Crippen LogP contribution in [-0.4, -0.2) is 41.1 Å². The maximum absolute atomic E-state index is 12.7. The van der Waals surface area contributed by atoms with Crippen molar-refractivity contribution in [1.82, 2.24) is 14.5 Å². The zero-order chi connectivity index (χ0) is 15.7. The number of aliphatic hydroxyl groups is 1. The van der Waals surface area contributed by atoms with Crippen molar-refractivity contribution < 1.29 is 13.5 Å². The molecule has 0 bridgehead atoms. The average molecular weight is 315 g/mol. The van der Waals surface area contributed by atoms with Crippen LogP contribution < -0.4 is 0 Å². The predicted octanol–water partition coefficient (Wildman–Crippen LogP) is 1.80. The zero-order valence-electron chi connectivity index (χ0n) is 13.0. The summed E-state index contributed by atoms with van der Waals surface area (Å²) < 4.78 is 26.9. The minimum atomic E-state index is -3.62. The van der Waals surface area contributed by atoms with Gasteiger partial charge in [0, 0.05) is 24.3 Å². The number of nitrogens with zero attached hydrogens (tertiary/aromatic N) is 2. The Hall–Kier alpha value is -0.920. The first-order chi connectivity index (χ1) is 9.90. The van der Waals surface area contributed by atoms with Crippen LogP contribution in [0, 0.1) is 12.3 Å². The van der Waals surface area contributed by atoms with Gasteiger partial charge in [0.1, 0.15) is 0 Å². The van der Waals surface area contributed by atoms with E-state index < -0.39 is 10.0 Å². The number of sulfonamides is 1. The molecule has 6 nitrogen and oxygen atoms in total. The molecule has 1 aliphatic rings. The number of H-pyrrole nitrogens is 1. The van der Waals surface area contributed by atoms with Crippen LogP contribution >= 0.6 is 0 Å². The molecular weight excluding hydrogens is 290 g/mol. The molecule has 2 rings (SSSR count). The van der Waals surface area contributed by atoms with Crippen molar-refractivity contribution in [1.29, 1.82) is 0 Å². The summed E-state index contributed by atoms with van der Waals surface area (Å²) in [5, 5.41) is 15.9. The highest BCUT2D eigenvalue weighted by molar-refractivity contribution is 7.89. The van der Waals surface area contributed by atoms with Crippen LogP contribution in [0.4, 0.5) is 0 Å². The Morgan fingerprint density at radius 3 is 2.33 bits per heavy atom. The number of nitrogens with one attached hydrogen (secondary N) is 1. The van der Waals surface area contributed by atoms with Crippen molar-refractivity contribution in [2.45, 2.75) is 58.1 Å². The molecule has 0 atom stereocenters. The van der Waals surface area contributed by atoms with E-state index in [1.165, 1.54) is 4.31 Å². The summed E-state index contributed by atoms with van der Waals surface area (Å²) in [7, 11) is -3.62. The fraction of sp³-hybridized carbons (Fsp3) is 0.786. The van der Waals surface area contributed by atoms with Crippen molar-refractivity contribution in [2.75, 3.05) is 13.1 Å². The molecule has 2 heterocycles. The minimum Gasteiger partial charge on any atom is -0.392 e. The quantitative estimate of drug-likeness (QED) is 0.867. The summed E-state index contributed by atoms with van der Waals surface area (Å²) in [6.45, 7) is 6.80. The van der Waals surface area contributed by atoms with Gasteiger partial charge in [-0.15, -0.1) is 0 Å². The van der Waals surface area contributed by atoms with Crippen LogP contribution in [0.15, 0.2) is 5.03 Å². The van der Waals surface area contributed by atoms with Crippen LogP contribution in [0.3, 0.4) is 0 Å². The highest BCUT2D eigenvalue weighted by Crippen LogP contribution is 2.39. The van der Waals surface area contributed by atoms with Gasteiger partial charge in [0.05, 0.1) is 6.61 Å². The van der Waals surface area contributed by atoms with Crippen LogP contribution in [-0.2, 0) is 16.6 Å². The molecule has 1 fully saturated rings. The van der Waals surface area contributed by atoms with Gasteiger partial charge in [-0.1, -0.05) is 26.7 Å². The average Bonchev–Trinajstić information content (AvgIpc) is 2.88. The lowest BCUT2D eigenvalue weighted by molar-refractivity contribution is 0.141. The molecule has 0 spiro atoms. The molecule has 1 aromatic rings. The fourth-order valence-corrected chi connectivity index (χ4v) is 4.71. The molecule has 7 heteroatoms. The van der Waals surface area contributed by atoms with E-state index in [1.807, 2.05) is 0 Å². The topological polar surface area (TPSA) is 86.3 Å². The lowest BCUT2D eigenvalue weighted by Crippen LogP contribution is -2.43. The van der Waals surface area contributed by atoms with Crippen molar-refractivity contribution in [2.24, 2.45) is 5.41 Å². The Morgan fingerprint density at radius 1 is 1.29 bits per heavy atom. The van der Waals surface area contributed by atoms with E-state index in [4.69, 9.17) is 0 Å². The standard InChI is InChI=1S/C14H25N3O3S/c1-4-14(5-2)6-8-17(9-7-14)21(19,20)13-12(10-18)11(3)15-16-13/h18H,4-10H2,1-3H3,(H,15,16). The number of piperidine rings is 1. The number of aliphatic hydroxyl groups excluding tert-OH is 1. The first kappa shape index (κ1) is 16.5. The lowest BCUT2D eigenvalue weighted by atomic mass is 9.75. The van der Waals surface area contributed by atoms with Gasteiger partial charge in [-0.3, -0.25) is 5.10 Å². The first-order valence-corrected chi connectivity index (χ1v) is 8.99. The Kier molecular flexibility index (Phi) is 4.75. The van der Waals surface area contributed by atoms with Gasteiger partial charge in [0.2, 0.25) is 0 Å². The normalized spacial score (nSPS) is 19.8. The highest BCUT2D eigenvalue weighted by Gasteiger charge is 2.38. The molecule has 0 amide bonds. The SMILES string of the molecule is CCC1(CC)CCN(S(=O)(=O)c2n[nH]c(C)c2CO)CC1. The maximum Gasteiger partial charge on any atom is 0.262 e. The maximum atomic E-state index is 12.7. The molecule has 120 valence electrons. The molecular formula is C14H25N3O3S. The molecule has 2 N–H and O–H groups in total. The second kappa shape index (κ2) is 6.06.